The molecule has 27 heavy (non-hydrogen) atoms. The van der Waals surface area contributed by atoms with E-state index >= 15 is 0 Å². The number of aryl methyl sites for hydroxylation is 1. The Bertz CT molecular complexity index is 969. The van der Waals surface area contributed by atoms with Gasteiger partial charge >= 0.3 is 12.2 Å². The van der Waals surface area contributed by atoms with Crippen LogP contribution in [0.4, 0.5) is 23.7 Å². The largest absolute Gasteiger partial charge is 0.438 e. The Balaban J connectivity index is 1.76. The zero-order valence-electron chi connectivity index (χ0n) is 13.9. The maximum Gasteiger partial charge on any atom is 0.416 e. The number of hydrogen-bond donors (Lipinski definition) is 1. The highest BCUT2D eigenvalue weighted by Gasteiger charge is 2.30. The number of rotatable bonds is 3. The van der Waals surface area contributed by atoms with Crippen LogP contribution in [0.3, 0.4) is 0 Å². The van der Waals surface area contributed by atoms with E-state index in [9.17, 15) is 18.0 Å². The Hall–Kier alpha value is -3.00. The van der Waals surface area contributed by atoms with Gasteiger partial charge in [-0.05, 0) is 49.4 Å². The van der Waals surface area contributed by atoms with Crippen LogP contribution >= 0.6 is 11.6 Å². The van der Waals surface area contributed by atoms with Gasteiger partial charge in [-0.2, -0.15) is 17.9 Å². The molecule has 0 spiro atoms. The van der Waals surface area contributed by atoms with E-state index < -0.39 is 17.8 Å². The van der Waals surface area contributed by atoms with Crippen LogP contribution in [0.5, 0.6) is 11.6 Å². The molecule has 2 aromatic carbocycles. The summed E-state index contributed by atoms with van der Waals surface area (Å²) >= 11 is 5.79. The predicted octanol–water partition coefficient (Wildman–Crippen LogP) is 5.74. The summed E-state index contributed by atoms with van der Waals surface area (Å²) in [4.78, 5) is 12.3. The van der Waals surface area contributed by atoms with Crippen molar-refractivity contribution >= 4 is 23.3 Å². The summed E-state index contributed by atoms with van der Waals surface area (Å²) in [7, 11) is 0. The van der Waals surface area contributed by atoms with Gasteiger partial charge in [-0.1, -0.05) is 17.7 Å². The summed E-state index contributed by atoms with van der Waals surface area (Å²) in [6.45, 7) is 1.62. The molecule has 1 amide bonds. The van der Waals surface area contributed by atoms with Crippen LogP contribution in [-0.2, 0) is 6.18 Å². The van der Waals surface area contributed by atoms with E-state index in [1.807, 2.05) is 0 Å². The quantitative estimate of drug-likeness (QED) is 0.615. The number of carbonyl (C=O) groups is 1. The lowest BCUT2D eigenvalue weighted by Gasteiger charge is -2.08. The molecule has 9 heteroatoms. The number of nitrogens with one attached hydrogen (secondary N) is 1. The molecule has 5 nitrogen and oxygen atoms in total. The van der Waals surface area contributed by atoms with Gasteiger partial charge in [0.25, 0.3) is 0 Å². The summed E-state index contributed by atoms with van der Waals surface area (Å²) in [5.41, 5.74) is 0.125. The third-order valence-electron chi connectivity index (χ3n) is 3.54. The lowest BCUT2D eigenvalue weighted by molar-refractivity contribution is -0.137. The van der Waals surface area contributed by atoms with Gasteiger partial charge in [-0.3, -0.25) is 0 Å². The lowest BCUT2D eigenvalue weighted by atomic mass is 10.2. The number of benzene rings is 2. The van der Waals surface area contributed by atoms with Gasteiger partial charge in [0, 0.05) is 16.8 Å². The van der Waals surface area contributed by atoms with Crippen molar-refractivity contribution < 1.29 is 22.7 Å². The molecule has 0 aliphatic heterocycles. The van der Waals surface area contributed by atoms with Crippen molar-refractivity contribution in [2.24, 2.45) is 0 Å². The fourth-order valence-corrected chi connectivity index (χ4v) is 2.39. The molecule has 140 valence electrons. The van der Waals surface area contributed by atoms with Crippen molar-refractivity contribution in [3.05, 3.63) is 70.9 Å². The molecular weight excluding hydrogens is 383 g/mol. The van der Waals surface area contributed by atoms with Crippen LogP contribution in [0.25, 0.3) is 0 Å². The van der Waals surface area contributed by atoms with Crippen LogP contribution in [0.15, 0.2) is 54.6 Å². The minimum absolute atomic E-state index is 0.00178. The zero-order chi connectivity index (χ0) is 19.6. The molecule has 0 saturated carbocycles. The van der Waals surface area contributed by atoms with Crippen LogP contribution in [0.2, 0.25) is 5.02 Å². The number of aromatic nitrogens is 2. The van der Waals surface area contributed by atoms with E-state index in [0.29, 0.717) is 16.4 Å². The van der Waals surface area contributed by atoms with Gasteiger partial charge in [0.2, 0.25) is 5.88 Å². The maximum atomic E-state index is 12.8. The van der Waals surface area contributed by atoms with Crippen LogP contribution in [0, 0.1) is 6.92 Å². The molecule has 0 atom stereocenters. The van der Waals surface area contributed by atoms with Crippen molar-refractivity contribution in [2.45, 2.75) is 13.1 Å². The fourth-order valence-electron chi connectivity index (χ4n) is 2.27. The smallest absolute Gasteiger partial charge is 0.416 e. The van der Waals surface area contributed by atoms with E-state index in [0.717, 1.165) is 16.8 Å². The topological polar surface area (TPSA) is 56.2 Å². The second kappa shape index (κ2) is 7.32. The number of anilines is 1. The van der Waals surface area contributed by atoms with Crippen LogP contribution < -0.4 is 10.1 Å². The van der Waals surface area contributed by atoms with Crippen molar-refractivity contribution in [2.75, 3.05) is 5.32 Å². The first-order chi connectivity index (χ1) is 12.7. The number of alkyl halides is 3. The summed E-state index contributed by atoms with van der Waals surface area (Å²) in [6, 6.07) is 11.8. The third-order valence-corrected chi connectivity index (χ3v) is 3.79. The second-order valence-electron chi connectivity index (χ2n) is 5.60. The highest BCUT2D eigenvalue weighted by atomic mass is 35.5. The average molecular weight is 396 g/mol. The third kappa shape index (κ3) is 4.59. The Morgan fingerprint density at radius 3 is 2.52 bits per heavy atom. The monoisotopic (exact) mass is 395 g/mol. The number of ether oxygens (including phenoxy) is 1. The van der Waals surface area contributed by atoms with E-state index in [1.165, 1.54) is 18.2 Å². The standard InChI is InChI=1S/C18H13ClF3N3O2/c1-11-9-16(27-15-4-2-3-12(10-15)18(20,21)22)24-25(11)17(26)23-14-7-5-13(19)6-8-14/h2-10H,1H3,(H,23,26). The minimum atomic E-state index is -4.48. The maximum absolute atomic E-state index is 12.8. The molecule has 0 bridgehead atoms. The molecule has 0 aliphatic rings. The normalized spacial score (nSPS) is 11.3. The molecule has 0 fully saturated rings. The molecule has 0 radical (unpaired) electrons. The summed E-state index contributed by atoms with van der Waals surface area (Å²) < 4.78 is 44.7. The van der Waals surface area contributed by atoms with Gasteiger partial charge in [-0.25, -0.2) is 4.79 Å². The molecule has 0 aliphatic carbocycles. The number of halogens is 4. The average Bonchev–Trinajstić information content (AvgIpc) is 2.97. The van der Waals surface area contributed by atoms with Crippen molar-refractivity contribution in [3.63, 3.8) is 0 Å². The molecule has 0 saturated heterocycles. The molecule has 3 rings (SSSR count). The molecule has 0 unspecified atom stereocenters. The predicted molar refractivity (Wildman–Crippen MR) is 94.4 cm³/mol. The summed E-state index contributed by atoms with van der Waals surface area (Å²) in [5.74, 6) is -0.0364. The van der Waals surface area contributed by atoms with Gasteiger partial charge < -0.3 is 10.1 Å². The highest BCUT2D eigenvalue weighted by molar-refractivity contribution is 6.30. The molecule has 1 N–H and O–H groups in total. The number of nitrogens with zero attached hydrogens (tertiary/aromatic N) is 2. The minimum Gasteiger partial charge on any atom is -0.438 e. The number of hydrogen-bond acceptors (Lipinski definition) is 3. The van der Waals surface area contributed by atoms with Crippen LogP contribution in [-0.4, -0.2) is 15.8 Å². The van der Waals surface area contributed by atoms with E-state index in [4.69, 9.17) is 16.3 Å². The molecule has 3 aromatic rings. The Morgan fingerprint density at radius 1 is 1.15 bits per heavy atom. The first-order valence-electron chi connectivity index (χ1n) is 7.71. The van der Waals surface area contributed by atoms with Gasteiger partial charge in [0.05, 0.1) is 11.3 Å². The fraction of sp³-hybridized carbons (Fsp3) is 0.111. The Kier molecular flexibility index (Phi) is 5.09. The molecular formula is C18H13ClF3N3O2. The second-order valence-corrected chi connectivity index (χ2v) is 6.04. The van der Waals surface area contributed by atoms with Gasteiger partial charge in [-0.15, -0.1) is 5.10 Å². The first kappa shape index (κ1) is 18.8. The highest BCUT2D eigenvalue weighted by Crippen LogP contribution is 2.32. The van der Waals surface area contributed by atoms with E-state index in [1.54, 1.807) is 31.2 Å². The molecule has 1 aromatic heterocycles. The van der Waals surface area contributed by atoms with Crippen molar-refractivity contribution in [3.8, 4) is 11.6 Å². The van der Waals surface area contributed by atoms with E-state index in [-0.39, 0.29) is 11.6 Å². The number of amides is 1. The van der Waals surface area contributed by atoms with Crippen molar-refractivity contribution in [1.82, 2.24) is 9.78 Å². The van der Waals surface area contributed by atoms with Gasteiger partial charge in [0.1, 0.15) is 5.75 Å². The summed E-state index contributed by atoms with van der Waals surface area (Å²) in [6.07, 6.45) is -4.48. The lowest BCUT2D eigenvalue weighted by Crippen LogP contribution is -2.21. The van der Waals surface area contributed by atoms with Crippen LogP contribution in [0.1, 0.15) is 11.3 Å². The molecule has 1 heterocycles. The Labute approximate surface area is 157 Å². The van der Waals surface area contributed by atoms with E-state index in [2.05, 4.69) is 10.4 Å². The Morgan fingerprint density at radius 2 is 1.85 bits per heavy atom. The first-order valence-corrected chi connectivity index (χ1v) is 8.09. The van der Waals surface area contributed by atoms with Gasteiger partial charge in [0.15, 0.2) is 0 Å². The van der Waals surface area contributed by atoms with Crippen molar-refractivity contribution in [1.29, 1.82) is 0 Å². The number of carbonyl (C=O) groups excluding carboxylic acids is 1. The SMILES string of the molecule is Cc1cc(Oc2cccc(C(F)(F)F)c2)nn1C(=O)Nc1ccc(Cl)cc1. The summed E-state index contributed by atoms with van der Waals surface area (Å²) in [5, 5.41) is 7.14. The zero-order valence-corrected chi connectivity index (χ0v) is 14.7.